The Labute approximate surface area is 198 Å². The van der Waals surface area contributed by atoms with Crippen molar-refractivity contribution in [3.8, 4) is 0 Å². The summed E-state index contributed by atoms with van der Waals surface area (Å²) >= 11 is 0. The minimum atomic E-state index is -0.596. The Kier molecular flexibility index (Phi) is 7.36. The predicted octanol–water partition coefficient (Wildman–Crippen LogP) is 3.37. The van der Waals surface area contributed by atoms with Crippen molar-refractivity contribution in [3.63, 3.8) is 0 Å². The number of nitrogens with zero attached hydrogens (tertiary/aromatic N) is 5. The van der Waals surface area contributed by atoms with Gasteiger partial charge in [0.25, 0.3) is 5.91 Å². The Bertz CT molecular complexity index is 1050. The number of allylic oxidation sites excluding steroid dienone is 1. The van der Waals surface area contributed by atoms with Gasteiger partial charge in [-0.05, 0) is 31.7 Å². The van der Waals surface area contributed by atoms with Gasteiger partial charge in [0.05, 0.1) is 23.8 Å². The van der Waals surface area contributed by atoms with Gasteiger partial charge in [0, 0.05) is 50.5 Å². The first-order valence-corrected chi connectivity index (χ1v) is 11.5. The van der Waals surface area contributed by atoms with Crippen LogP contribution in [0.4, 0.5) is 21.7 Å². The lowest BCUT2D eigenvalue weighted by molar-refractivity contribution is 0.102. The van der Waals surface area contributed by atoms with Gasteiger partial charge in [0.15, 0.2) is 0 Å². The van der Waals surface area contributed by atoms with Gasteiger partial charge in [-0.3, -0.25) is 9.69 Å². The maximum atomic E-state index is 14.0. The summed E-state index contributed by atoms with van der Waals surface area (Å²) in [6.07, 6.45) is 11.1. The third kappa shape index (κ3) is 5.88. The zero-order valence-electron chi connectivity index (χ0n) is 19.1. The molecule has 0 bridgehead atoms. The molecule has 1 saturated heterocycles. The molecule has 3 N–H and O–H groups in total. The van der Waals surface area contributed by atoms with E-state index in [-0.39, 0.29) is 11.2 Å². The SMILES string of the molecule is C=CCN1CCN(c2cc(F)ncc2NC(=O)c2ccnc(NC3(CCC=CO)CC3)n2)CC1. The molecule has 1 aliphatic heterocycles. The number of piperazine rings is 1. The first-order chi connectivity index (χ1) is 16.5. The first kappa shape index (κ1) is 23.6. The molecule has 9 nitrogen and oxygen atoms in total. The van der Waals surface area contributed by atoms with Gasteiger partial charge in [-0.25, -0.2) is 15.0 Å². The molecule has 1 saturated carbocycles. The lowest BCUT2D eigenvalue weighted by Gasteiger charge is -2.36. The molecule has 2 aliphatic rings. The summed E-state index contributed by atoms with van der Waals surface area (Å²) in [6, 6.07) is 2.89. The minimum Gasteiger partial charge on any atom is -0.516 e. The highest BCUT2D eigenvalue weighted by atomic mass is 19.1. The van der Waals surface area contributed by atoms with E-state index in [1.54, 1.807) is 12.1 Å². The molecule has 0 unspecified atom stereocenters. The summed E-state index contributed by atoms with van der Waals surface area (Å²) in [6.45, 7) is 7.64. The highest BCUT2D eigenvalue weighted by molar-refractivity contribution is 6.04. The second kappa shape index (κ2) is 10.6. The quantitative estimate of drug-likeness (QED) is 0.277. The van der Waals surface area contributed by atoms with Crippen molar-refractivity contribution in [2.75, 3.05) is 48.3 Å². The van der Waals surface area contributed by atoms with E-state index in [0.29, 0.717) is 30.4 Å². The molecule has 0 radical (unpaired) electrons. The van der Waals surface area contributed by atoms with E-state index < -0.39 is 11.9 Å². The van der Waals surface area contributed by atoms with E-state index in [1.165, 1.54) is 18.5 Å². The molecule has 180 valence electrons. The number of aromatic nitrogens is 3. The van der Waals surface area contributed by atoms with Gasteiger partial charge >= 0.3 is 0 Å². The monoisotopic (exact) mass is 467 g/mol. The molecule has 1 amide bonds. The molecular weight excluding hydrogens is 437 g/mol. The van der Waals surface area contributed by atoms with Crippen LogP contribution in [0.5, 0.6) is 0 Å². The van der Waals surface area contributed by atoms with Crippen LogP contribution in [0.2, 0.25) is 0 Å². The van der Waals surface area contributed by atoms with Gasteiger partial charge in [-0.2, -0.15) is 4.39 Å². The van der Waals surface area contributed by atoms with E-state index in [1.807, 2.05) is 11.0 Å². The minimum absolute atomic E-state index is 0.101. The topological polar surface area (TPSA) is 107 Å². The van der Waals surface area contributed by atoms with Crippen LogP contribution in [0.25, 0.3) is 0 Å². The molecule has 2 aromatic rings. The third-order valence-electron chi connectivity index (χ3n) is 6.21. The van der Waals surface area contributed by atoms with Crippen molar-refractivity contribution >= 4 is 23.2 Å². The standard InChI is InChI=1S/C24H30FN7O2/c1-2-10-31-11-13-32(14-12-31)20-16-21(25)27-17-19(20)28-22(34)18-5-9-26-23(29-18)30-24(7-8-24)6-3-4-15-33/h2,4-5,9,15-17,33H,1,3,6-8,10-14H2,(H,28,34)(H,26,29,30). The number of hydrogen-bond donors (Lipinski definition) is 3. The van der Waals surface area contributed by atoms with E-state index in [0.717, 1.165) is 51.6 Å². The molecule has 4 rings (SSSR count). The van der Waals surface area contributed by atoms with E-state index >= 15 is 0 Å². The average Bonchev–Trinajstić information content (AvgIpc) is 3.60. The molecule has 3 heterocycles. The molecule has 2 aromatic heterocycles. The number of halogens is 1. The Morgan fingerprint density at radius 3 is 2.76 bits per heavy atom. The second-order valence-electron chi connectivity index (χ2n) is 8.65. The maximum Gasteiger partial charge on any atom is 0.274 e. The van der Waals surface area contributed by atoms with Gasteiger partial charge < -0.3 is 20.6 Å². The van der Waals surface area contributed by atoms with Crippen molar-refractivity contribution in [1.82, 2.24) is 19.9 Å². The summed E-state index contributed by atoms with van der Waals surface area (Å²) in [5, 5.41) is 15.0. The second-order valence-corrected chi connectivity index (χ2v) is 8.65. The van der Waals surface area contributed by atoms with Gasteiger partial charge in [0.2, 0.25) is 11.9 Å². The van der Waals surface area contributed by atoms with Gasteiger partial charge in [-0.1, -0.05) is 12.2 Å². The number of carbonyl (C=O) groups excluding carboxylic acids is 1. The normalized spacial score (nSPS) is 17.5. The number of aliphatic hydroxyl groups is 1. The van der Waals surface area contributed by atoms with Crippen LogP contribution in [-0.4, -0.2) is 69.1 Å². The highest BCUT2D eigenvalue weighted by Gasteiger charge is 2.42. The van der Waals surface area contributed by atoms with Crippen LogP contribution < -0.4 is 15.5 Å². The van der Waals surface area contributed by atoms with Crippen LogP contribution in [-0.2, 0) is 0 Å². The number of nitrogens with one attached hydrogen (secondary N) is 2. The van der Waals surface area contributed by atoms with E-state index in [2.05, 4.69) is 37.1 Å². The zero-order valence-corrected chi connectivity index (χ0v) is 19.1. The van der Waals surface area contributed by atoms with Crippen molar-refractivity contribution < 1.29 is 14.3 Å². The van der Waals surface area contributed by atoms with Crippen LogP contribution in [0.15, 0.2) is 49.5 Å². The molecule has 10 heteroatoms. The summed E-state index contributed by atoms with van der Waals surface area (Å²) in [5.41, 5.74) is 1.14. The number of rotatable bonds is 10. The van der Waals surface area contributed by atoms with Crippen LogP contribution in [0.1, 0.15) is 36.2 Å². The fourth-order valence-corrected chi connectivity index (χ4v) is 4.12. The Morgan fingerprint density at radius 1 is 1.26 bits per heavy atom. The van der Waals surface area contributed by atoms with Gasteiger partial charge in [0.1, 0.15) is 5.69 Å². The first-order valence-electron chi connectivity index (χ1n) is 11.5. The lowest BCUT2D eigenvalue weighted by atomic mass is 10.1. The van der Waals surface area contributed by atoms with E-state index in [4.69, 9.17) is 5.11 Å². The van der Waals surface area contributed by atoms with Crippen molar-refractivity contribution in [1.29, 1.82) is 0 Å². The number of hydrogen-bond acceptors (Lipinski definition) is 8. The van der Waals surface area contributed by atoms with Crippen molar-refractivity contribution in [2.45, 2.75) is 31.2 Å². The van der Waals surface area contributed by atoms with Crippen molar-refractivity contribution in [3.05, 3.63) is 61.2 Å². The predicted molar refractivity (Wildman–Crippen MR) is 130 cm³/mol. The number of carbonyl (C=O) groups is 1. The molecule has 1 aliphatic carbocycles. The summed E-state index contributed by atoms with van der Waals surface area (Å²) in [5.74, 6) is -0.631. The fraction of sp³-hybridized carbons (Fsp3) is 0.417. The third-order valence-corrected chi connectivity index (χ3v) is 6.21. The fourth-order valence-electron chi connectivity index (χ4n) is 4.12. The van der Waals surface area contributed by atoms with Crippen LogP contribution in [0.3, 0.4) is 0 Å². The highest BCUT2D eigenvalue weighted by Crippen LogP contribution is 2.42. The Hall–Kier alpha value is -3.53. The largest absolute Gasteiger partial charge is 0.516 e. The molecule has 34 heavy (non-hydrogen) atoms. The number of anilines is 3. The van der Waals surface area contributed by atoms with Gasteiger partial charge in [-0.15, -0.1) is 6.58 Å². The van der Waals surface area contributed by atoms with Crippen molar-refractivity contribution in [2.24, 2.45) is 0 Å². The number of aliphatic hydroxyl groups excluding tert-OH is 1. The summed E-state index contributed by atoms with van der Waals surface area (Å²) in [7, 11) is 0. The zero-order chi connectivity index (χ0) is 24.0. The Balaban J connectivity index is 1.44. The smallest absolute Gasteiger partial charge is 0.274 e. The lowest BCUT2D eigenvalue weighted by Crippen LogP contribution is -2.46. The summed E-state index contributed by atoms with van der Waals surface area (Å²) < 4.78 is 14.0. The maximum absolute atomic E-state index is 14.0. The van der Waals surface area contributed by atoms with Crippen LogP contribution >= 0.6 is 0 Å². The molecular formula is C24H30FN7O2. The molecule has 0 atom stereocenters. The Morgan fingerprint density at radius 2 is 2.06 bits per heavy atom. The average molecular weight is 468 g/mol. The van der Waals surface area contributed by atoms with Crippen LogP contribution in [0, 0.1) is 5.95 Å². The molecule has 0 spiro atoms. The summed E-state index contributed by atoms with van der Waals surface area (Å²) in [4.78, 5) is 29.7. The molecule has 0 aromatic carbocycles. The number of pyridine rings is 1. The van der Waals surface area contributed by atoms with E-state index in [9.17, 15) is 9.18 Å². The number of amides is 1. The molecule has 2 fully saturated rings.